The Morgan fingerprint density at radius 3 is 2.23 bits per heavy atom. The van der Waals surface area contributed by atoms with Crippen LogP contribution < -0.4 is 0 Å². The Morgan fingerprint density at radius 2 is 1.61 bits per heavy atom. The Labute approximate surface area is 188 Å². The Kier molecular flexibility index (Phi) is 7.18. The van der Waals surface area contributed by atoms with E-state index in [1.165, 1.54) is 0 Å². The number of halogens is 1. The monoisotopic (exact) mass is 438 g/mol. The summed E-state index contributed by atoms with van der Waals surface area (Å²) >= 11 is 6.00. The highest BCUT2D eigenvalue weighted by molar-refractivity contribution is 6.30. The number of H-pyrrole nitrogens is 1. The van der Waals surface area contributed by atoms with Crippen molar-refractivity contribution in [2.24, 2.45) is 0 Å². The zero-order valence-corrected chi connectivity index (χ0v) is 19.0. The van der Waals surface area contributed by atoms with E-state index in [2.05, 4.69) is 4.98 Å². The van der Waals surface area contributed by atoms with Crippen LogP contribution in [0.1, 0.15) is 55.7 Å². The molecule has 0 aliphatic carbocycles. The Hall–Kier alpha value is -3.05. The summed E-state index contributed by atoms with van der Waals surface area (Å²) in [6.07, 6.45) is 0. The van der Waals surface area contributed by atoms with Gasteiger partial charge in [0.05, 0.1) is 6.61 Å². The van der Waals surface area contributed by atoms with Gasteiger partial charge < -0.3 is 14.6 Å². The molecule has 0 aliphatic heterocycles. The molecule has 0 atom stereocenters. The fraction of sp³-hybridized carbons (Fsp3) is 0.280. The van der Waals surface area contributed by atoms with Crippen LogP contribution in [-0.2, 0) is 17.8 Å². The minimum atomic E-state index is -0.386. The van der Waals surface area contributed by atoms with Crippen molar-refractivity contribution in [2.75, 3.05) is 6.61 Å². The molecule has 0 spiro atoms. The average Bonchev–Trinajstić information content (AvgIpc) is 3.03. The summed E-state index contributed by atoms with van der Waals surface area (Å²) in [6.45, 7) is 8.70. The van der Waals surface area contributed by atoms with Crippen molar-refractivity contribution in [3.05, 3.63) is 92.8 Å². The Morgan fingerprint density at radius 1 is 0.968 bits per heavy atom. The number of ether oxygens (including phenoxy) is 1. The maximum atomic E-state index is 13.4. The average molecular weight is 439 g/mol. The number of carbonyl (C=O) groups is 2. The van der Waals surface area contributed by atoms with E-state index in [4.69, 9.17) is 16.3 Å². The number of benzene rings is 2. The SMILES string of the molecule is CCOC(=O)c1[nH]c(C)c(CN(Cc2ccc(C)cc2)C(=O)c2ccc(Cl)cc2)c1C. The van der Waals surface area contributed by atoms with Gasteiger partial charge in [-0.15, -0.1) is 0 Å². The smallest absolute Gasteiger partial charge is 0.355 e. The lowest BCUT2D eigenvalue weighted by molar-refractivity contribution is 0.0519. The van der Waals surface area contributed by atoms with Gasteiger partial charge in [-0.2, -0.15) is 0 Å². The summed E-state index contributed by atoms with van der Waals surface area (Å²) < 4.78 is 5.15. The van der Waals surface area contributed by atoms with Gasteiger partial charge in [0.1, 0.15) is 5.69 Å². The highest BCUT2D eigenvalue weighted by Crippen LogP contribution is 2.23. The van der Waals surface area contributed by atoms with Gasteiger partial charge in [0, 0.05) is 29.4 Å². The molecule has 3 rings (SSSR count). The molecule has 0 aliphatic rings. The predicted molar refractivity (Wildman–Crippen MR) is 122 cm³/mol. The first-order valence-electron chi connectivity index (χ1n) is 10.3. The molecule has 0 bridgehead atoms. The molecule has 0 radical (unpaired) electrons. The molecule has 5 nitrogen and oxygen atoms in total. The summed E-state index contributed by atoms with van der Waals surface area (Å²) in [5, 5.41) is 0.582. The number of aromatic nitrogens is 1. The van der Waals surface area contributed by atoms with Gasteiger partial charge in [0.15, 0.2) is 0 Å². The minimum Gasteiger partial charge on any atom is -0.461 e. The molecule has 2 aromatic carbocycles. The van der Waals surface area contributed by atoms with Gasteiger partial charge in [0.2, 0.25) is 0 Å². The zero-order valence-electron chi connectivity index (χ0n) is 18.3. The topological polar surface area (TPSA) is 62.4 Å². The molecular weight excluding hydrogens is 412 g/mol. The van der Waals surface area contributed by atoms with Crippen LogP contribution in [0, 0.1) is 20.8 Å². The van der Waals surface area contributed by atoms with E-state index in [1.807, 2.05) is 45.0 Å². The molecule has 0 saturated heterocycles. The van der Waals surface area contributed by atoms with Crippen LogP contribution in [0.25, 0.3) is 0 Å². The molecule has 31 heavy (non-hydrogen) atoms. The molecule has 3 aromatic rings. The summed E-state index contributed by atoms with van der Waals surface area (Å²) in [5.41, 5.74) is 5.75. The van der Waals surface area contributed by atoms with Crippen LogP contribution in [-0.4, -0.2) is 28.4 Å². The second kappa shape index (κ2) is 9.84. The standard InChI is InChI=1S/C25H27ClN2O3/c1-5-31-25(30)23-17(3)22(18(4)27-23)15-28(14-19-8-6-16(2)7-9-19)24(29)20-10-12-21(26)13-11-20/h6-13,27H,5,14-15H2,1-4H3. The lowest BCUT2D eigenvalue weighted by Gasteiger charge is -2.24. The highest BCUT2D eigenvalue weighted by Gasteiger charge is 2.23. The number of amides is 1. The first-order chi connectivity index (χ1) is 14.8. The molecule has 6 heteroatoms. The van der Waals surface area contributed by atoms with E-state index in [0.29, 0.717) is 36.0 Å². The molecule has 162 valence electrons. The number of nitrogens with zero attached hydrogens (tertiary/aromatic N) is 1. The van der Waals surface area contributed by atoms with Crippen LogP contribution in [0.3, 0.4) is 0 Å². The molecule has 0 unspecified atom stereocenters. The summed E-state index contributed by atoms with van der Waals surface area (Å²) in [4.78, 5) is 30.6. The largest absolute Gasteiger partial charge is 0.461 e. The van der Waals surface area contributed by atoms with Crippen LogP contribution in [0.4, 0.5) is 0 Å². The van der Waals surface area contributed by atoms with Crippen LogP contribution in [0.5, 0.6) is 0 Å². The first-order valence-corrected chi connectivity index (χ1v) is 10.6. The van der Waals surface area contributed by atoms with Crippen molar-refractivity contribution >= 4 is 23.5 Å². The quantitative estimate of drug-likeness (QED) is 0.487. The molecule has 1 aromatic heterocycles. The van der Waals surface area contributed by atoms with Crippen LogP contribution >= 0.6 is 11.6 Å². The van der Waals surface area contributed by atoms with Gasteiger partial charge >= 0.3 is 5.97 Å². The molecule has 0 fully saturated rings. The van der Waals surface area contributed by atoms with Gasteiger partial charge in [-0.3, -0.25) is 4.79 Å². The number of aryl methyl sites for hydroxylation is 2. The Bertz CT molecular complexity index is 1070. The fourth-order valence-electron chi connectivity index (χ4n) is 3.51. The third-order valence-corrected chi connectivity index (χ3v) is 5.55. The maximum Gasteiger partial charge on any atom is 0.355 e. The van der Waals surface area contributed by atoms with Gasteiger partial charge in [-0.05, 0) is 68.7 Å². The fourth-order valence-corrected chi connectivity index (χ4v) is 3.64. The van der Waals surface area contributed by atoms with Gasteiger partial charge in [0.25, 0.3) is 5.91 Å². The highest BCUT2D eigenvalue weighted by atomic mass is 35.5. The Balaban J connectivity index is 1.94. The molecule has 1 amide bonds. The molecular formula is C25H27ClN2O3. The van der Waals surface area contributed by atoms with Crippen molar-refractivity contribution in [1.29, 1.82) is 0 Å². The second-order valence-corrected chi connectivity index (χ2v) is 8.04. The van der Waals surface area contributed by atoms with E-state index in [1.54, 1.807) is 36.1 Å². The lowest BCUT2D eigenvalue weighted by atomic mass is 10.1. The lowest BCUT2D eigenvalue weighted by Crippen LogP contribution is -2.30. The van der Waals surface area contributed by atoms with E-state index in [-0.39, 0.29) is 11.9 Å². The van der Waals surface area contributed by atoms with E-state index in [9.17, 15) is 9.59 Å². The first kappa shape index (κ1) is 22.6. The summed E-state index contributed by atoms with van der Waals surface area (Å²) in [6, 6.07) is 15.0. The number of aromatic amines is 1. The van der Waals surface area contributed by atoms with E-state index in [0.717, 1.165) is 27.9 Å². The van der Waals surface area contributed by atoms with Crippen molar-refractivity contribution in [3.8, 4) is 0 Å². The van der Waals surface area contributed by atoms with Gasteiger partial charge in [-0.1, -0.05) is 41.4 Å². The summed E-state index contributed by atoms with van der Waals surface area (Å²) in [5.74, 6) is -0.488. The second-order valence-electron chi connectivity index (χ2n) is 7.60. The number of nitrogens with one attached hydrogen (secondary N) is 1. The number of hydrogen-bond acceptors (Lipinski definition) is 3. The minimum absolute atomic E-state index is 0.102. The van der Waals surface area contributed by atoms with Crippen molar-refractivity contribution in [1.82, 2.24) is 9.88 Å². The van der Waals surface area contributed by atoms with Gasteiger partial charge in [-0.25, -0.2) is 4.79 Å². The molecule has 1 N–H and O–H groups in total. The van der Waals surface area contributed by atoms with Crippen molar-refractivity contribution in [3.63, 3.8) is 0 Å². The third-order valence-electron chi connectivity index (χ3n) is 5.29. The number of carbonyl (C=O) groups excluding carboxylic acids is 2. The molecule has 0 saturated carbocycles. The van der Waals surface area contributed by atoms with Crippen molar-refractivity contribution in [2.45, 2.75) is 40.8 Å². The predicted octanol–water partition coefficient (Wildman–Crippen LogP) is 5.61. The van der Waals surface area contributed by atoms with Crippen molar-refractivity contribution < 1.29 is 14.3 Å². The van der Waals surface area contributed by atoms with Crippen LogP contribution in [0.2, 0.25) is 5.02 Å². The normalized spacial score (nSPS) is 10.7. The maximum absolute atomic E-state index is 13.4. The zero-order chi connectivity index (χ0) is 22.5. The van der Waals surface area contributed by atoms with E-state index < -0.39 is 0 Å². The molecule has 1 heterocycles. The van der Waals surface area contributed by atoms with Crippen LogP contribution in [0.15, 0.2) is 48.5 Å². The third kappa shape index (κ3) is 5.36. The van der Waals surface area contributed by atoms with E-state index >= 15 is 0 Å². The number of rotatable bonds is 7. The number of esters is 1. The summed E-state index contributed by atoms with van der Waals surface area (Å²) in [7, 11) is 0. The number of hydrogen-bond donors (Lipinski definition) is 1.